The average Bonchev–Trinajstić information content (AvgIpc) is 3.09. The van der Waals surface area contributed by atoms with Gasteiger partial charge in [-0.15, -0.1) is 5.10 Å². The lowest BCUT2D eigenvalue weighted by atomic mass is 10.1. The Morgan fingerprint density at radius 3 is 3.07 bits per heavy atom. The normalized spacial score (nSPS) is 17.1. The minimum absolute atomic E-state index is 0.0274. The van der Waals surface area contributed by atoms with Crippen LogP contribution in [-0.2, 0) is 7.05 Å². The van der Waals surface area contributed by atoms with Gasteiger partial charge < -0.3 is 15.0 Å². The van der Waals surface area contributed by atoms with Crippen LogP contribution < -0.4 is 15.0 Å². The number of carbonyl (C=O) groups excluding carboxylic acids is 1. The number of hydrogen-bond donors (Lipinski definition) is 1. The van der Waals surface area contributed by atoms with Crippen LogP contribution in [0.4, 0.5) is 5.82 Å². The molecule has 4 rings (SSSR count). The minimum Gasteiger partial charge on any atom is -0.488 e. The number of carbonyl (C=O) groups is 1. The van der Waals surface area contributed by atoms with Gasteiger partial charge in [-0.2, -0.15) is 0 Å². The molecule has 0 aliphatic carbocycles. The Kier molecular flexibility index (Phi) is 4.53. The predicted octanol–water partition coefficient (Wildman–Crippen LogP) is 0.561. The summed E-state index contributed by atoms with van der Waals surface area (Å²) in [6.07, 6.45) is 4.96. The number of ether oxygens (including phenoxy) is 1. The molecule has 1 aliphatic heterocycles. The molecule has 0 spiro atoms. The zero-order chi connectivity index (χ0) is 18.8. The highest BCUT2D eigenvalue weighted by Gasteiger charge is 2.25. The number of rotatable bonds is 4. The second-order valence-electron chi connectivity index (χ2n) is 6.37. The lowest BCUT2D eigenvalue weighted by molar-refractivity contribution is 0.0957. The summed E-state index contributed by atoms with van der Waals surface area (Å²) in [5, 5.41) is 10.8. The van der Waals surface area contributed by atoms with Crippen molar-refractivity contribution in [3.05, 3.63) is 30.4 Å². The van der Waals surface area contributed by atoms with Gasteiger partial charge in [0, 0.05) is 32.9 Å². The molecule has 1 amide bonds. The van der Waals surface area contributed by atoms with Gasteiger partial charge in [-0.1, -0.05) is 5.21 Å². The molecule has 4 heterocycles. The maximum Gasteiger partial charge on any atom is 0.269 e. The molecule has 3 aromatic rings. The van der Waals surface area contributed by atoms with Crippen molar-refractivity contribution in [1.29, 1.82) is 0 Å². The Labute approximate surface area is 155 Å². The molecule has 1 fully saturated rings. The van der Waals surface area contributed by atoms with E-state index in [0.717, 1.165) is 25.2 Å². The van der Waals surface area contributed by atoms with Crippen LogP contribution in [0.15, 0.2) is 24.7 Å². The molecular formula is C17H20N8O2. The fourth-order valence-corrected chi connectivity index (χ4v) is 3.23. The Morgan fingerprint density at radius 2 is 2.22 bits per heavy atom. The van der Waals surface area contributed by atoms with Gasteiger partial charge in [-0.05, 0) is 18.9 Å². The number of pyridine rings is 1. The van der Waals surface area contributed by atoms with E-state index in [-0.39, 0.29) is 12.0 Å². The molecule has 1 saturated heterocycles. The number of amides is 1. The third kappa shape index (κ3) is 3.37. The molecule has 1 aliphatic rings. The van der Waals surface area contributed by atoms with Crippen LogP contribution in [0.25, 0.3) is 11.2 Å². The molecule has 3 aromatic heterocycles. The van der Waals surface area contributed by atoms with E-state index in [4.69, 9.17) is 4.74 Å². The van der Waals surface area contributed by atoms with Gasteiger partial charge in [-0.3, -0.25) is 9.78 Å². The number of nitrogens with zero attached hydrogens (tertiary/aromatic N) is 7. The SMILES string of the molecule is CNC(=O)c1cc(OC2CCCN(c3ncnc4c3nnn4C)C2)ccn1. The molecule has 0 bridgehead atoms. The van der Waals surface area contributed by atoms with E-state index in [2.05, 4.69) is 35.5 Å². The summed E-state index contributed by atoms with van der Waals surface area (Å²) in [5.41, 5.74) is 1.72. The van der Waals surface area contributed by atoms with Gasteiger partial charge in [-0.25, -0.2) is 14.6 Å². The number of aryl methyl sites for hydroxylation is 1. The fraction of sp³-hybridized carbons (Fsp3) is 0.412. The van der Waals surface area contributed by atoms with E-state index in [9.17, 15) is 4.79 Å². The summed E-state index contributed by atoms with van der Waals surface area (Å²) >= 11 is 0. The zero-order valence-corrected chi connectivity index (χ0v) is 15.2. The van der Waals surface area contributed by atoms with Crippen molar-refractivity contribution in [2.24, 2.45) is 7.05 Å². The van der Waals surface area contributed by atoms with E-state index >= 15 is 0 Å². The maximum atomic E-state index is 11.8. The van der Waals surface area contributed by atoms with E-state index in [1.54, 1.807) is 30.1 Å². The Bertz CT molecular complexity index is 972. The zero-order valence-electron chi connectivity index (χ0n) is 15.2. The van der Waals surface area contributed by atoms with Crippen molar-refractivity contribution in [2.45, 2.75) is 18.9 Å². The quantitative estimate of drug-likeness (QED) is 0.711. The molecule has 0 aromatic carbocycles. The summed E-state index contributed by atoms with van der Waals surface area (Å²) in [5.74, 6) is 1.15. The van der Waals surface area contributed by atoms with Crippen LogP contribution in [0.3, 0.4) is 0 Å². The van der Waals surface area contributed by atoms with Crippen molar-refractivity contribution < 1.29 is 9.53 Å². The minimum atomic E-state index is -0.239. The van der Waals surface area contributed by atoms with Crippen LogP contribution in [0, 0.1) is 0 Å². The number of anilines is 1. The molecule has 0 saturated carbocycles. The molecular weight excluding hydrogens is 348 g/mol. The van der Waals surface area contributed by atoms with E-state index in [1.807, 2.05) is 7.05 Å². The van der Waals surface area contributed by atoms with Gasteiger partial charge in [0.05, 0.1) is 6.54 Å². The first-order chi connectivity index (χ1) is 13.2. The first-order valence-corrected chi connectivity index (χ1v) is 8.76. The first kappa shape index (κ1) is 17.1. The van der Waals surface area contributed by atoms with Crippen LogP contribution >= 0.6 is 0 Å². The number of aromatic nitrogens is 6. The van der Waals surface area contributed by atoms with Crippen molar-refractivity contribution in [3.63, 3.8) is 0 Å². The smallest absolute Gasteiger partial charge is 0.269 e. The van der Waals surface area contributed by atoms with E-state index < -0.39 is 0 Å². The van der Waals surface area contributed by atoms with Gasteiger partial charge in [0.2, 0.25) is 0 Å². The van der Waals surface area contributed by atoms with Crippen molar-refractivity contribution in [1.82, 2.24) is 35.3 Å². The average molecular weight is 368 g/mol. The highest BCUT2D eigenvalue weighted by molar-refractivity contribution is 5.92. The van der Waals surface area contributed by atoms with Gasteiger partial charge in [0.1, 0.15) is 23.9 Å². The molecule has 27 heavy (non-hydrogen) atoms. The predicted molar refractivity (Wildman–Crippen MR) is 97.6 cm³/mol. The summed E-state index contributed by atoms with van der Waals surface area (Å²) < 4.78 is 7.75. The van der Waals surface area contributed by atoms with Gasteiger partial charge in [0.25, 0.3) is 5.91 Å². The number of nitrogens with one attached hydrogen (secondary N) is 1. The highest BCUT2D eigenvalue weighted by atomic mass is 16.5. The third-order valence-corrected chi connectivity index (χ3v) is 4.54. The number of hydrogen-bond acceptors (Lipinski definition) is 8. The standard InChI is InChI=1S/C17H20N8O2/c1-18-17(26)13-8-11(5-6-19-13)27-12-4-3-7-25(9-12)16-14-15(20-10-21-16)24(2)23-22-14/h5-6,8,10,12H,3-4,7,9H2,1-2H3,(H,18,26). The van der Waals surface area contributed by atoms with Gasteiger partial charge in [0.15, 0.2) is 17.0 Å². The number of fused-ring (bicyclic) bond motifs is 1. The third-order valence-electron chi connectivity index (χ3n) is 4.54. The van der Waals surface area contributed by atoms with E-state index in [0.29, 0.717) is 29.2 Å². The summed E-state index contributed by atoms with van der Waals surface area (Å²) in [6, 6.07) is 3.42. The van der Waals surface area contributed by atoms with Crippen molar-refractivity contribution >= 4 is 22.9 Å². The Balaban J connectivity index is 1.52. The number of piperidine rings is 1. The fourth-order valence-electron chi connectivity index (χ4n) is 3.23. The second kappa shape index (κ2) is 7.14. The molecule has 1 unspecified atom stereocenters. The Morgan fingerprint density at radius 1 is 1.33 bits per heavy atom. The largest absolute Gasteiger partial charge is 0.488 e. The van der Waals surface area contributed by atoms with E-state index in [1.165, 1.54) is 6.33 Å². The lowest BCUT2D eigenvalue weighted by Gasteiger charge is -2.33. The highest BCUT2D eigenvalue weighted by Crippen LogP contribution is 2.25. The summed E-state index contributed by atoms with van der Waals surface area (Å²) in [6.45, 7) is 1.53. The van der Waals surface area contributed by atoms with Crippen molar-refractivity contribution in [2.75, 3.05) is 25.0 Å². The molecule has 140 valence electrons. The summed E-state index contributed by atoms with van der Waals surface area (Å²) in [7, 11) is 3.38. The monoisotopic (exact) mass is 368 g/mol. The molecule has 1 N–H and O–H groups in total. The van der Waals surface area contributed by atoms with Crippen LogP contribution in [-0.4, -0.2) is 62.1 Å². The molecule has 1 atom stereocenters. The second-order valence-corrected chi connectivity index (χ2v) is 6.37. The summed E-state index contributed by atoms with van der Waals surface area (Å²) in [4.78, 5) is 26.6. The molecule has 0 radical (unpaired) electrons. The molecule has 10 heteroatoms. The molecule has 10 nitrogen and oxygen atoms in total. The van der Waals surface area contributed by atoms with Crippen LogP contribution in [0.1, 0.15) is 23.3 Å². The van der Waals surface area contributed by atoms with Gasteiger partial charge >= 0.3 is 0 Å². The Hall–Kier alpha value is -3.30. The maximum absolute atomic E-state index is 11.8. The van der Waals surface area contributed by atoms with Crippen LogP contribution in [0.2, 0.25) is 0 Å². The lowest BCUT2D eigenvalue weighted by Crippen LogP contribution is -2.41. The van der Waals surface area contributed by atoms with Crippen LogP contribution in [0.5, 0.6) is 5.75 Å². The van der Waals surface area contributed by atoms with Crippen molar-refractivity contribution in [3.8, 4) is 5.75 Å². The first-order valence-electron chi connectivity index (χ1n) is 8.76. The topological polar surface area (TPSA) is 111 Å².